The number of nitrogens with one attached hydrogen (secondary N) is 1. The first kappa shape index (κ1) is 18.5. The molecule has 1 unspecified atom stereocenters. The molecule has 0 saturated carbocycles. The zero-order valence-corrected chi connectivity index (χ0v) is 16.5. The van der Waals surface area contributed by atoms with E-state index < -0.39 is 0 Å². The normalized spacial score (nSPS) is 27.1. The van der Waals surface area contributed by atoms with Gasteiger partial charge >= 0.3 is 0 Å². The van der Waals surface area contributed by atoms with E-state index in [9.17, 15) is 0 Å². The Morgan fingerprint density at radius 1 is 0.846 bits per heavy atom. The maximum absolute atomic E-state index is 3.65. The predicted octanol–water partition coefficient (Wildman–Crippen LogP) is 4.03. The molecule has 3 heterocycles. The second-order valence-corrected chi connectivity index (χ2v) is 9.05. The molecule has 0 bridgehead atoms. The van der Waals surface area contributed by atoms with Gasteiger partial charge < -0.3 is 10.2 Å². The fourth-order valence-electron chi connectivity index (χ4n) is 5.47. The van der Waals surface area contributed by atoms with Gasteiger partial charge in [0.05, 0.1) is 0 Å². The summed E-state index contributed by atoms with van der Waals surface area (Å²) in [5, 5.41) is 3.65. The van der Waals surface area contributed by atoms with Crippen LogP contribution in [0.4, 0.5) is 0 Å². The average molecular weight is 356 g/mol. The summed E-state index contributed by atoms with van der Waals surface area (Å²) in [6.45, 7) is 10.1. The Balaban J connectivity index is 1.08. The van der Waals surface area contributed by atoms with Crippen LogP contribution in [-0.4, -0.2) is 49.1 Å². The Labute approximate surface area is 160 Å². The fraction of sp³-hybridized carbons (Fsp3) is 0.739. The van der Waals surface area contributed by atoms with E-state index in [4.69, 9.17) is 0 Å². The smallest absolute Gasteiger partial charge is 0.0240 e. The van der Waals surface area contributed by atoms with Crippen molar-refractivity contribution < 1.29 is 0 Å². The molecule has 0 radical (unpaired) electrons. The van der Waals surface area contributed by atoms with Crippen LogP contribution in [0.5, 0.6) is 0 Å². The number of benzene rings is 1. The number of nitrogens with zero attached hydrogens (tertiary/aromatic N) is 2. The number of rotatable bonds is 7. The van der Waals surface area contributed by atoms with Gasteiger partial charge in [-0.2, -0.15) is 0 Å². The van der Waals surface area contributed by atoms with E-state index in [1.165, 1.54) is 104 Å². The van der Waals surface area contributed by atoms with Gasteiger partial charge in [-0.3, -0.25) is 4.90 Å². The summed E-state index contributed by atoms with van der Waals surface area (Å²) in [4.78, 5) is 5.39. The lowest BCUT2D eigenvalue weighted by atomic mass is 9.74. The summed E-state index contributed by atoms with van der Waals surface area (Å²) in [6, 6.07) is 8.94. The zero-order chi connectivity index (χ0) is 17.7. The van der Waals surface area contributed by atoms with Crippen molar-refractivity contribution in [2.24, 2.45) is 5.41 Å². The van der Waals surface area contributed by atoms with Gasteiger partial charge in [-0.25, -0.2) is 0 Å². The van der Waals surface area contributed by atoms with Crippen molar-refractivity contribution in [3.05, 3.63) is 35.4 Å². The van der Waals surface area contributed by atoms with Gasteiger partial charge in [0.25, 0.3) is 0 Å². The largest absolute Gasteiger partial charge is 0.316 e. The molecule has 144 valence electrons. The van der Waals surface area contributed by atoms with Crippen molar-refractivity contribution in [3.63, 3.8) is 0 Å². The fourth-order valence-corrected chi connectivity index (χ4v) is 5.47. The van der Waals surface area contributed by atoms with Crippen LogP contribution in [0.3, 0.4) is 0 Å². The first-order chi connectivity index (χ1) is 12.8. The predicted molar refractivity (Wildman–Crippen MR) is 109 cm³/mol. The van der Waals surface area contributed by atoms with Crippen LogP contribution in [0.25, 0.3) is 0 Å². The van der Waals surface area contributed by atoms with Crippen LogP contribution in [-0.2, 0) is 13.1 Å². The van der Waals surface area contributed by atoms with Crippen LogP contribution < -0.4 is 5.32 Å². The monoisotopic (exact) mass is 355 g/mol. The second-order valence-electron chi connectivity index (χ2n) is 9.05. The topological polar surface area (TPSA) is 18.5 Å². The molecule has 2 fully saturated rings. The highest BCUT2D eigenvalue weighted by Crippen LogP contribution is 2.35. The number of likely N-dealkylation sites (tertiary alicyclic amines) is 1. The molecule has 1 aromatic rings. The number of piperidine rings is 2. The lowest BCUT2D eigenvalue weighted by Crippen LogP contribution is -2.51. The van der Waals surface area contributed by atoms with Crippen LogP contribution in [0.2, 0.25) is 0 Å². The average Bonchev–Trinajstić information content (AvgIpc) is 3.08. The van der Waals surface area contributed by atoms with Gasteiger partial charge in [0.2, 0.25) is 0 Å². The summed E-state index contributed by atoms with van der Waals surface area (Å²) in [5.41, 5.74) is 3.70. The van der Waals surface area contributed by atoms with Crippen LogP contribution in [0.15, 0.2) is 24.3 Å². The van der Waals surface area contributed by atoms with E-state index in [-0.39, 0.29) is 0 Å². The summed E-state index contributed by atoms with van der Waals surface area (Å²) in [6.07, 6.45) is 11.3. The van der Waals surface area contributed by atoms with Crippen molar-refractivity contribution in [2.75, 3.05) is 39.3 Å². The molecule has 1 aromatic carbocycles. The third-order valence-corrected chi connectivity index (χ3v) is 6.91. The highest BCUT2D eigenvalue weighted by Gasteiger charge is 2.36. The van der Waals surface area contributed by atoms with Crippen LogP contribution in [0, 0.1) is 5.41 Å². The Morgan fingerprint density at radius 3 is 2.23 bits per heavy atom. The number of unbranched alkanes of at least 4 members (excludes halogenated alkanes) is 3. The van der Waals surface area contributed by atoms with Crippen molar-refractivity contribution in [2.45, 2.75) is 64.5 Å². The van der Waals surface area contributed by atoms with Crippen LogP contribution in [0.1, 0.15) is 62.5 Å². The van der Waals surface area contributed by atoms with Crippen LogP contribution >= 0.6 is 0 Å². The Morgan fingerprint density at radius 2 is 1.54 bits per heavy atom. The summed E-state index contributed by atoms with van der Waals surface area (Å²) >= 11 is 0. The Bertz CT molecular complexity index is 534. The lowest BCUT2D eigenvalue weighted by Gasteiger charge is -2.45. The minimum Gasteiger partial charge on any atom is -0.316 e. The van der Waals surface area contributed by atoms with Gasteiger partial charge in [-0.05, 0) is 81.2 Å². The number of hydrogen-bond acceptors (Lipinski definition) is 3. The molecular weight excluding hydrogens is 318 g/mol. The molecule has 1 N–H and O–H groups in total. The summed E-state index contributed by atoms with van der Waals surface area (Å²) in [5.74, 6) is 0. The maximum atomic E-state index is 3.65. The van der Waals surface area contributed by atoms with E-state index >= 15 is 0 Å². The highest BCUT2D eigenvalue weighted by molar-refractivity contribution is 5.30. The molecule has 3 aliphatic rings. The Hall–Kier alpha value is -0.900. The van der Waals surface area contributed by atoms with Crippen molar-refractivity contribution in [1.29, 1.82) is 0 Å². The molecule has 0 aliphatic carbocycles. The summed E-state index contributed by atoms with van der Waals surface area (Å²) < 4.78 is 0. The molecule has 26 heavy (non-hydrogen) atoms. The Kier molecular flexibility index (Phi) is 6.29. The molecule has 2 saturated heterocycles. The van der Waals surface area contributed by atoms with Gasteiger partial charge in [0, 0.05) is 26.2 Å². The van der Waals surface area contributed by atoms with Gasteiger partial charge in [-0.15, -0.1) is 0 Å². The molecule has 3 aliphatic heterocycles. The standard InChI is InChI=1S/C23H37N3/c1(2-6-15-26-17-21-9-3-4-10-22(21)18-26)5-14-25-16-8-12-23(20-25)11-7-13-24-19-23/h3-4,9-10,24H,1-2,5-8,11-20H2. The highest BCUT2D eigenvalue weighted by atomic mass is 15.1. The lowest BCUT2D eigenvalue weighted by molar-refractivity contribution is 0.0635. The first-order valence-electron chi connectivity index (χ1n) is 11.1. The van der Waals surface area contributed by atoms with Crippen molar-refractivity contribution in [3.8, 4) is 0 Å². The molecule has 3 heteroatoms. The third-order valence-electron chi connectivity index (χ3n) is 6.91. The first-order valence-corrected chi connectivity index (χ1v) is 11.1. The summed E-state index contributed by atoms with van der Waals surface area (Å²) in [7, 11) is 0. The van der Waals surface area contributed by atoms with E-state index in [2.05, 4.69) is 39.4 Å². The minimum atomic E-state index is 0.612. The maximum Gasteiger partial charge on any atom is 0.0240 e. The molecule has 4 rings (SSSR count). The van der Waals surface area contributed by atoms with Gasteiger partial charge in [-0.1, -0.05) is 37.1 Å². The zero-order valence-electron chi connectivity index (χ0n) is 16.5. The third kappa shape index (κ3) is 4.68. The molecule has 1 atom stereocenters. The van der Waals surface area contributed by atoms with Gasteiger partial charge in [0.1, 0.15) is 0 Å². The molecule has 0 aromatic heterocycles. The molecular formula is C23H37N3. The molecule has 1 spiro atoms. The van der Waals surface area contributed by atoms with E-state index in [1.54, 1.807) is 11.1 Å². The van der Waals surface area contributed by atoms with Gasteiger partial charge in [0.15, 0.2) is 0 Å². The molecule has 0 amide bonds. The van der Waals surface area contributed by atoms with E-state index in [0.717, 1.165) is 0 Å². The minimum absolute atomic E-state index is 0.612. The quantitative estimate of drug-likeness (QED) is 0.745. The number of fused-ring (bicyclic) bond motifs is 1. The second kappa shape index (κ2) is 8.86. The van der Waals surface area contributed by atoms with Crippen molar-refractivity contribution >= 4 is 0 Å². The van der Waals surface area contributed by atoms with E-state index in [1.807, 2.05) is 0 Å². The molecule has 3 nitrogen and oxygen atoms in total. The SMILES string of the molecule is c1ccc2c(c1)CN(CCCCCCN1CCCC3(CCCNC3)C1)C2. The van der Waals surface area contributed by atoms with E-state index in [0.29, 0.717) is 5.41 Å². The number of hydrogen-bond donors (Lipinski definition) is 1. The van der Waals surface area contributed by atoms with Crippen molar-refractivity contribution in [1.82, 2.24) is 15.1 Å².